The van der Waals surface area contributed by atoms with Crippen molar-refractivity contribution in [3.63, 3.8) is 0 Å². The number of aromatic nitrogens is 4. The maximum absolute atomic E-state index is 13.5. The number of hydrogen-bond donors (Lipinski definition) is 1. The van der Waals surface area contributed by atoms with Crippen LogP contribution in [0.15, 0.2) is 36.8 Å². The van der Waals surface area contributed by atoms with Crippen LogP contribution in [0, 0.1) is 11.8 Å². The zero-order chi connectivity index (χ0) is 24.2. The third-order valence-electron chi connectivity index (χ3n) is 7.59. The average Bonchev–Trinajstić information content (AvgIpc) is 3.21. The predicted molar refractivity (Wildman–Crippen MR) is 134 cm³/mol. The number of H-pyrrole nitrogens is 1. The summed E-state index contributed by atoms with van der Waals surface area (Å²) in [5, 5.41) is 8.27. The van der Waals surface area contributed by atoms with Gasteiger partial charge in [0, 0.05) is 50.9 Å². The van der Waals surface area contributed by atoms with E-state index < -0.39 is 0 Å². The Bertz CT molecular complexity index is 1190. The van der Waals surface area contributed by atoms with Crippen LogP contribution in [-0.2, 0) is 17.6 Å². The Kier molecular flexibility index (Phi) is 7.06. The van der Waals surface area contributed by atoms with E-state index in [-0.39, 0.29) is 11.8 Å². The molecule has 184 valence electrons. The maximum atomic E-state index is 13.5. The van der Waals surface area contributed by atoms with Gasteiger partial charge < -0.3 is 9.80 Å². The summed E-state index contributed by atoms with van der Waals surface area (Å²) >= 11 is 0. The first kappa shape index (κ1) is 23.5. The molecule has 1 aromatic carbocycles. The van der Waals surface area contributed by atoms with Gasteiger partial charge in [-0.15, -0.1) is 0 Å². The van der Waals surface area contributed by atoms with Gasteiger partial charge in [-0.2, -0.15) is 5.10 Å². The molecule has 35 heavy (non-hydrogen) atoms. The lowest BCUT2D eigenvalue weighted by molar-refractivity contribution is -0.130. The molecule has 0 unspecified atom stereocenters. The molecule has 8 nitrogen and oxygen atoms in total. The topological polar surface area (TPSA) is 95.1 Å². The van der Waals surface area contributed by atoms with Gasteiger partial charge in [-0.05, 0) is 74.5 Å². The maximum Gasteiger partial charge on any atom is 0.274 e. The van der Waals surface area contributed by atoms with Gasteiger partial charge >= 0.3 is 0 Å². The lowest BCUT2D eigenvalue weighted by atomic mass is 9.92. The van der Waals surface area contributed by atoms with E-state index in [9.17, 15) is 9.59 Å². The van der Waals surface area contributed by atoms with Crippen molar-refractivity contribution in [2.24, 2.45) is 11.8 Å². The molecule has 0 bridgehead atoms. The molecule has 2 atom stereocenters. The molecule has 2 aliphatic heterocycles. The van der Waals surface area contributed by atoms with Crippen molar-refractivity contribution in [1.29, 1.82) is 0 Å². The fourth-order valence-electron chi connectivity index (χ4n) is 5.66. The molecule has 5 rings (SSSR count). The third kappa shape index (κ3) is 5.52. The van der Waals surface area contributed by atoms with Crippen molar-refractivity contribution in [3.05, 3.63) is 53.7 Å². The second kappa shape index (κ2) is 10.5. The zero-order valence-electron chi connectivity index (χ0n) is 20.4. The van der Waals surface area contributed by atoms with Crippen molar-refractivity contribution >= 4 is 22.7 Å². The number of carbonyl (C=O) groups excluding carboxylic acids is 2. The molecule has 4 heterocycles. The number of nitrogens with zero attached hydrogens (tertiary/aromatic N) is 5. The van der Waals surface area contributed by atoms with Crippen LogP contribution >= 0.6 is 0 Å². The normalized spacial score (nSPS) is 21.2. The van der Waals surface area contributed by atoms with E-state index in [0.29, 0.717) is 24.0 Å². The molecule has 2 amide bonds. The van der Waals surface area contributed by atoms with Crippen LogP contribution in [0.3, 0.4) is 0 Å². The highest BCUT2D eigenvalue weighted by atomic mass is 16.2. The first-order chi connectivity index (χ1) is 17.1. The van der Waals surface area contributed by atoms with Crippen LogP contribution in [0.2, 0.25) is 0 Å². The van der Waals surface area contributed by atoms with Gasteiger partial charge in [0.15, 0.2) is 0 Å². The Hall–Kier alpha value is -3.29. The number of hydrogen-bond acceptors (Lipinski definition) is 5. The highest BCUT2D eigenvalue weighted by Crippen LogP contribution is 2.26. The molecule has 3 aromatic rings. The largest absolute Gasteiger partial charge is 0.343 e. The van der Waals surface area contributed by atoms with E-state index in [2.05, 4.69) is 38.4 Å². The average molecular weight is 475 g/mol. The van der Waals surface area contributed by atoms with Crippen LogP contribution in [-0.4, -0.2) is 68.0 Å². The van der Waals surface area contributed by atoms with Crippen molar-refractivity contribution < 1.29 is 9.59 Å². The smallest absolute Gasteiger partial charge is 0.274 e. The van der Waals surface area contributed by atoms with E-state index in [0.717, 1.165) is 81.3 Å². The SMILES string of the molecule is CC(=O)N1CCC[C@@H](Cc2nccnc2C(=O)N2CCC[C@@H](Cc3ccc4[nH]ncc4c3)CC2)C1. The van der Waals surface area contributed by atoms with E-state index in [1.807, 2.05) is 16.0 Å². The molecule has 2 fully saturated rings. The molecule has 0 radical (unpaired) electrons. The number of nitrogens with one attached hydrogen (secondary N) is 1. The minimum atomic E-state index is -0.00667. The molecule has 0 saturated carbocycles. The van der Waals surface area contributed by atoms with E-state index in [1.165, 1.54) is 5.56 Å². The molecule has 0 spiro atoms. The number of fused-ring (bicyclic) bond motifs is 1. The molecule has 2 aromatic heterocycles. The summed E-state index contributed by atoms with van der Waals surface area (Å²) in [6.07, 6.45) is 12.0. The Balaban J connectivity index is 1.22. The minimum absolute atomic E-state index is 0.00667. The zero-order valence-corrected chi connectivity index (χ0v) is 20.4. The van der Waals surface area contributed by atoms with Crippen molar-refractivity contribution in [2.45, 2.75) is 51.9 Å². The summed E-state index contributed by atoms with van der Waals surface area (Å²) in [7, 11) is 0. The first-order valence-electron chi connectivity index (χ1n) is 12.8. The van der Waals surface area contributed by atoms with Gasteiger partial charge in [-0.3, -0.25) is 19.7 Å². The van der Waals surface area contributed by atoms with Crippen molar-refractivity contribution in [1.82, 2.24) is 30.0 Å². The van der Waals surface area contributed by atoms with Crippen LogP contribution < -0.4 is 0 Å². The number of carbonyl (C=O) groups is 2. The number of likely N-dealkylation sites (tertiary alicyclic amines) is 2. The lowest BCUT2D eigenvalue weighted by Gasteiger charge is -2.32. The Morgan fingerprint density at radius 2 is 1.77 bits per heavy atom. The lowest BCUT2D eigenvalue weighted by Crippen LogP contribution is -2.39. The molecule has 2 aliphatic rings. The third-order valence-corrected chi connectivity index (χ3v) is 7.59. The summed E-state index contributed by atoms with van der Waals surface area (Å²) in [5.41, 5.74) is 3.64. The van der Waals surface area contributed by atoms with Gasteiger partial charge in [0.25, 0.3) is 5.91 Å². The standard InChI is InChI=1S/C27H34N6O2/c1-19(34)33-12-3-5-22(18-33)16-25-26(29-10-9-28-25)27(35)32-11-2-4-20(8-13-32)14-21-6-7-24-23(15-21)17-30-31-24/h6-7,9-10,15,17,20,22H,2-5,8,11-14,16,18H2,1H3,(H,30,31)/t20-,22+/m1/s1. The molecule has 1 N–H and O–H groups in total. The van der Waals surface area contributed by atoms with Gasteiger partial charge in [-0.25, -0.2) is 4.98 Å². The summed E-state index contributed by atoms with van der Waals surface area (Å²) in [5.74, 6) is 0.983. The Morgan fingerprint density at radius 3 is 2.63 bits per heavy atom. The minimum Gasteiger partial charge on any atom is -0.343 e. The highest BCUT2D eigenvalue weighted by Gasteiger charge is 2.28. The molecule has 2 saturated heterocycles. The number of rotatable bonds is 5. The van der Waals surface area contributed by atoms with Gasteiger partial charge in [0.1, 0.15) is 5.69 Å². The second-order valence-corrected chi connectivity index (χ2v) is 10.1. The number of benzene rings is 1. The monoisotopic (exact) mass is 474 g/mol. The van der Waals surface area contributed by atoms with Gasteiger partial charge in [0.05, 0.1) is 17.4 Å². The Labute approximate surface area is 206 Å². The van der Waals surface area contributed by atoms with Gasteiger partial charge in [0.2, 0.25) is 5.91 Å². The summed E-state index contributed by atoms with van der Waals surface area (Å²) in [6, 6.07) is 6.50. The van der Waals surface area contributed by atoms with Crippen LogP contribution in [0.4, 0.5) is 0 Å². The van der Waals surface area contributed by atoms with Crippen molar-refractivity contribution in [3.8, 4) is 0 Å². The fraction of sp³-hybridized carbons (Fsp3) is 0.519. The predicted octanol–water partition coefficient (Wildman–Crippen LogP) is 3.64. The summed E-state index contributed by atoms with van der Waals surface area (Å²) in [4.78, 5) is 38.2. The Morgan fingerprint density at radius 1 is 0.971 bits per heavy atom. The first-order valence-corrected chi connectivity index (χ1v) is 12.8. The van der Waals surface area contributed by atoms with Crippen LogP contribution in [0.5, 0.6) is 0 Å². The molecular formula is C27H34N6O2. The summed E-state index contributed by atoms with van der Waals surface area (Å²) < 4.78 is 0. The highest BCUT2D eigenvalue weighted by molar-refractivity contribution is 5.93. The van der Waals surface area contributed by atoms with E-state index >= 15 is 0 Å². The molecule has 0 aliphatic carbocycles. The summed E-state index contributed by atoms with van der Waals surface area (Å²) in [6.45, 7) is 4.68. The number of piperidine rings is 1. The van der Waals surface area contributed by atoms with Crippen LogP contribution in [0.25, 0.3) is 10.9 Å². The number of amides is 2. The second-order valence-electron chi connectivity index (χ2n) is 10.1. The number of aromatic amines is 1. The molecular weight excluding hydrogens is 440 g/mol. The fourth-order valence-corrected chi connectivity index (χ4v) is 5.66. The van der Waals surface area contributed by atoms with Crippen molar-refractivity contribution in [2.75, 3.05) is 26.2 Å². The van der Waals surface area contributed by atoms with E-state index in [1.54, 1.807) is 19.3 Å². The van der Waals surface area contributed by atoms with E-state index in [4.69, 9.17) is 0 Å². The molecule has 8 heteroatoms. The van der Waals surface area contributed by atoms with Crippen LogP contribution in [0.1, 0.15) is 60.8 Å². The quantitative estimate of drug-likeness (QED) is 0.609. The van der Waals surface area contributed by atoms with Gasteiger partial charge in [-0.1, -0.05) is 6.07 Å².